The van der Waals surface area contributed by atoms with Crippen LogP contribution in [0.2, 0.25) is 0 Å². The Hall–Kier alpha value is -3.66. The molecule has 36 heavy (non-hydrogen) atoms. The van der Waals surface area contributed by atoms with Crippen LogP contribution in [0.25, 0.3) is 21.9 Å². The van der Waals surface area contributed by atoms with E-state index in [-0.39, 0.29) is 11.8 Å². The number of hydrogen-bond acceptors (Lipinski definition) is 8. The SMILES string of the molecule is Cc1c(-c2cc3cc(NC(=O)OC4CC5(CCNCC5)C4)ncc3c(N)c2F)cnc2c1NCCO2. The van der Waals surface area contributed by atoms with E-state index >= 15 is 4.39 Å². The van der Waals surface area contributed by atoms with Crippen LogP contribution >= 0.6 is 0 Å². The van der Waals surface area contributed by atoms with Crippen LogP contribution in [-0.4, -0.2) is 48.4 Å². The molecule has 0 unspecified atom stereocenters. The first-order chi connectivity index (χ1) is 17.4. The number of carbonyl (C=O) groups is 1. The van der Waals surface area contributed by atoms with E-state index in [4.69, 9.17) is 15.2 Å². The second kappa shape index (κ2) is 8.77. The predicted octanol–water partition coefficient (Wildman–Crippen LogP) is 4.21. The maximum atomic E-state index is 15.4. The molecule has 5 N–H and O–H groups in total. The summed E-state index contributed by atoms with van der Waals surface area (Å²) in [6, 6.07) is 3.37. The molecule has 2 aromatic heterocycles. The number of nitrogen functional groups attached to an aromatic ring is 1. The van der Waals surface area contributed by atoms with Gasteiger partial charge >= 0.3 is 6.09 Å². The van der Waals surface area contributed by atoms with Crippen molar-refractivity contribution < 1.29 is 18.7 Å². The van der Waals surface area contributed by atoms with E-state index in [2.05, 4.69) is 25.9 Å². The van der Waals surface area contributed by atoms with Crippen LogP contribution in [0.1, 0.15) is 31.2 Å². The first-order valence-electron chi connectivity index (χ1n) is 12.4. The molecule has 9 nitrogen and oxygen atoms in total. The van der Waals surface area contributed by atoms with Crippen molar-refractivity contribution in [3.63, 3.8) is 0 Å². The van der Waals surface area contributed by atoms with Crippen LogP contribution in [0.3, 0.4) is 0 Å². The molecular weight excluding hydrogens is 463 g/mol. The standard InChI is InChI=1S/C26H29FN6O3/c1-14-18(12-32-24-23(14)30-6-7-35-24)17-8-15-9-20(31-13-19(15)22(28)21(17)27)33-25(34)36-16-10-26(11-16)2-4-29-5-3-26/h8-9,12-13,16,29-30H,2-7,10-11,28H2,1H3,(H,31,33,34). The number of anilines is 3. The van der Waals surface area contributed by atoms with E-state index < -0.39 is 11.9 Å². The zero-order chi connectivity index (χ0) is 24.9. The zero-order valence-electron chi connectivity index (χ0n) is 20.1. The second-order valence-electron chi connectivity index (χ2n) is 10.0. The molecule has 6 rings (SSSR count). The molecule has 1 aromatic carbocycles. The Bertz CT molecular complexity index is 1350. The number of nitrogens with zero attached hydrogens (tertiary/aromatic N) is 2. The van der Waals surface area contributed by atoms with E-state index in [0.717, 1.165) is 50.0 Å². The first-order valence-corrected chi connectivity index (χ1v) is 12.4. The maximum absolute atomic E-state index is 15.4. The van der Waals surface area contributed by atoms with Crippen molar-refractivity contribution in [2.24, 2.45) is 5.41 Å². The van der Waals surface area contributed by atoms with Gasteiger partial charge in [-0.25, -0.2) is 19.2 Å². The lowest BCUT2D eigenvalue weighted by molar-refractivity contribution is -0.0539. The van der Waals surface area contributed by atoms with Gasteiger partial charge in [-0.15, -0.1) is 0 Å². The molecular formula is C26H29FN6O3. The number of hydrogen-bond donors (Lipinski definition) is 4. The van der Waals surface area contributed by atoms with Gasteiger partial charge in [0, 0.05) is 35.5 Å². The number of nitrogens with two attached hydrogens (primary N) is 1. The number of nitrogens with one attached hydrogen (secondary N) is 3. The van der Waals surface area contributed by atoms with Gasteiger partial charge in [-0.1, -0.05) is 0 Å². The lowest BCUT2D eigenvalue weighted by atomic mass is 9.62. The molecule has 1 aliphatic carbocycles. The quantitative estimate of drug-likeness (QED) is 0.401. The molecule has 2 aliphatic heterocycles. The van der Waals surface area contributed by atoms with Crippen LogP contribution in [-0.2, 0) is 4.74 Å². The number of carbonyl (C=O) groups excluding carboxylic acids is 1. The van der Waals surface area contributed by atoms with E-state index in [1.54, 1.807) is 18.3 Å². The number of pyridine rings is 2. The number of aromatic nitrogens is 2. The third-order valence-corrected chi connectivity index (χ3v) is 7.72. The number of amides is 1. The summed E-state index contributed by atoms with van der Waals surface area (Å²) >= 11 is 0. The largest absolute Gasteiger partial charge is 0.474 e. The van der Waals surface area contributed by atoms with Crippen molar-refractivity contribution in [3.05, 3.63) is 35.9 Å². The lowest BCUT2D eigenvalue weighted by Gasteiger charge is -2.49. The Balaban J connectivity index is 1.23. The van der Waals surface area contributed by atoms with Gasteiger partial charge in [0.05, 0.1) is 5.69 Å². The fourth-order valence-electron chi connectivity index (χ4n) is 5.69. The second-order valence-corrected chi connectivity index (χ2v) is 10.0. The van der Waals surface area contributed by atoms with E-state index in [9.17, 15) is 4.79 Å². The molecule has 2 fully saturated rings. The predicted molar refractivity (Wildman–Crippen MR) is 136 cm³/mol. The zero-order valence-corrected chi connectivity index (χ0v) is 20.1. The number of rotatable bonds is 3. The minimum atomic E-state index is -0.539. The highest BCUT2D eigenvalue weighted by Crippen LogP contribution is 2.49. The third-order valence-electron chi connectivity index (χ3n) is 7.72. The van der Waals surface area contributed by atoms with E-state index in [1.807, 2.05) is 6.92 Å². The van der Waals surface area contributed by atoms with Crippen molar-refractivity contribution in [1.29, 1.82) is 0 Å². The highest BCUT2D eigenvalue weighted by Gasteiger charge is 2.46. The molecule has 1 spiro atoms. The van der Waals surface area contributed by atoms with E-state index in [1.165, 1.54) is 6.20 Å². The Morgan fingerprint density at radius 2 is 2.00 bits per heavy atom. The van der Waals surface area contributed by atoms with Gasteiger partial charge in [-0.3, -0.25) is 5.32 Å². The van der Waals surface area contributed by atoms with Gasteiger partial charge < -0.3 is 25.8 Å². The molecule has 0 radical (unpaired) electrons. The van der Waals surface area contributed by atoms with E-state index in [0.29, 0.717) is 52.2 Å². The summed E-state index contributed by atoms with van der Waals surface area (Å²) < 4.78 is 26.6. The summed E-state index contributed by atoms with van der Waals surface area (Å²) in [6.45, 7) is 5.12. The van der Waals surface area contributed by atoms with Crippen LogP contribution in [0.4, 0.5) is 26.4 Å². The van der Waals surface area contributed by atoms with Crippen LogP contribution < -0.4 is 26.4 Å². The molecule has 1 saturated carbocycles. The summed E-state index contributed by atoms with van der Waals surface area (Å²) in [5.74, 6) is 0.280. The molecule has 1 saturated heterocycles. The highest BCUT2D eigenvalue weighted by molar-refractivity contribution is 5.99. The molecule has 0 atom stereocenters. The van der Waals surface area contributed by atoms with Crippen molar-refractivity contribution in [2.45, 2.75) is 38.7 Å². The van der Waals surface area contributed by atoms with Gasteiger partial charge in [-0.05, 0) is 74.2 Å². The van der Waals surface area contributed by atoms with Gasteiger partial charge in [0.15, 0.2) is 5.82 Å². The maximum Gasteiger partial charge on any atom is 0.413 e. The van der Waals surface area contributed by atoms with Crippen LogP contribution in [0.15, 0.2) is 24.5 Å². The molecule has 188 valence electrons. The van der Waals surface area contributed by atoms with Crippen molar-refractivity contribution in [1.82, 2.24) is 15.3 Å². The Morgan fingerprint density at radius 1 is 1.19 bits per heavy atom. The number of ether oxygens (including phenoxy) is 2. The van der Waals surface area contributed by atoms with Crippen molar-refractivity contribution >= 4 is 34.1 Å². The number of halogens is 1. The molecule has 1 amide bonds. The van der Waals surface area contributed by atoms with Crippen molar-refractivity contribution in [2.75, 3.05) is 42.6 Å². The molecule has 4 heterocycles. The number of piperidine rings is 1. The van der Waals surface area contributed by atoms with Gasteiger partial charge in [0.25, 0.3) is 0 Å². The van der Waals surface area contributed by atoms with Gasteiger partial charge in [0.2, 0.25) is 5.88 Å². The minimum absolute atomic E-state index is 0.00723. The lowest BCUT2D eigenvalue weighted by Crippen LogP contribution is -2.49. The average molecular weight is 493 g/mol. The monoisotopic (exact) mass is 492 g/mol. The van der Waals surface area contributed by atoms with Crippen LogP contribution in [0.5, 0.6) is 5.88 Å². The smallest absolute Gasteiger partial charge is 0.413 e. The minimum Gasteiger partial charge on any atom is -0.474 e. The molecule has 3 aliphatic rings. The summed E-state index contributed by atoms with van der Waals surface area (Å²) in [7, 11) is 0. The van der Waals surface area contributed by atoms with Gasteiger partial charge in [-0.2, -0.15) is 0 Å². The average Bonchev–Trinajstić information content (AvgIpc) is 2.86. The van der Waals surface area contributed by atoms with Crippen LogP contribution in [0, 0.1) is 18.2 Å². The Morgan fingerprint density at radius 3 is 2.81 bits per heavy atom. The summed E-state index contributed by atoms with van der Waals surface area (Å²) in [5.41, 5.74) is 8.98. The van der Waals surface area contributed by atoms with Gasteiger partial charge in [0.1, 0.15) is 24.2 Å². The van der Waals surface area contributed by atoms with Crippen molar-refractivity contribution in [3.8, 4) is 17.0 Å². The Kier molecular flexibility index (Phi) is 5.55. The highest BCUT2D eigenvalue weighted by atomic mass is 19.1. The topological polar surface area (TPSA) is 123 Å². The first kappa shape index (κ1) is 22.8. The summed E-state index contributed by atoms with van der Waals surface area (Å²) in [6.07, 6.45) is 6.52. The third kappa shape index (κ3) is 3.95. The fourth-order valence-corrected chi connectivity index (χ4v) is 5.69. The molecule has 10 heteroatoms. The fraction of sp³-hybridized carbons (Fsp3) is 0.423. The Labute approximate surface area is 208 Å². The summed E-state index contributed by atoms with van der Waals surface area (Å²) in [5, 5.41) is 10.5. The normalized spacial score (nSPS) is 18.6. The summed E-state index contributed by atoms with van der Waals surface area (Å²) in [4.78, 5) is 21.1. The molecule has 0 bridgehead atoms. The molecule has 3 aromatic rings. The number of fused-ring (bicyclic) bond motifs is 2. The number of benzene rings is 1.